The first kappa shape index (κ1) is 18.7. The molecule has 29 heavy (non-hydrogen) atoms. The molecule has 0 aliphatic rings. The van der Waals surface area contributed by atoms with Crippen LogP contribution in [-0.4, -0.2) is 36.6 Å². The molecule has 0 aliphatic heterocycles. The lowest BCUT2D eigenvalue weighted by Crippen LogP contribution is -2.02. The first-order valence-corrected chi connectivity index (χ1v) is 9.34. The van der Waals surface area contributed by atoms with Crippen LogP contribution < -0.4 is 4.74 Å². The summed E-state index contributed by atoms with van der Waals surface area (Å²) in [6, 6.07) is 7.95. The van der Waals surface area contributed by atoms with Crippen molar-refractivity contribution in [2.24, 2.45) is 0 Å². The third-order valence-corrected chi connectivity index (χ3v) is 4.61. The van der Waals surface area contributed by atoms with E-state index in [0.717, 1.165) is 51.3 Å². The number of hydrogen-bond donors (Lipinski definition) is 0. The van der Waals surface area contributed by atoms with Gasteiger partial charge in [0.2, 0.25) is 0 Å². The molecular formula is C22H22N6O. The summed E-state index contributed by atoms with van der Waals surface area (Å²) in [5, 5.41) is 0. The highest BCUT2D eigenvalue weighted by molar-refractivity contribution is 5.56. The molecule has 0 amide bonds. The van der Waals surface area contributed by atoms with Crippen molar-refractivity contribution in [1.29, 1.82) is 0 Å². The molecule has 4 aromatic rings. The van der Waals surface area contributed by atoms with Crippen molar-refractivity contribution in [1.82, 2.24) is 29.5 Å². The lowest BCUT2D eigenvalue weighted by atomic mass is 10.1. The van der Waals surface area contributed by atoms with Gasteiger partial charge >= 0.3 is 0 Å². The quantitative estimate of drug-likeness (QED) is 0.521. The Labute approximate surface area is 169 Å². The molecule has 0 bridgehead atoms. The summed E-state index contributed by atoms with van der Waals surface area (Å²) >= 11 is 0. The van der Waals surface area contributed by atoms with Crippen LogP contribution in [0.2, 0.25) is 0 Å². The Bertz CT molecular complexity index is 1170. The smallest absolute Gasteiger partial charge is 0.143 e. The number of benzene rings is 1. The van der Waals surface area contributed by atoms with Crippen LogP contribution >= 0.6 is 0 Å². The molecule has 0 N–H and O–H groups in total. The molecule has 0 aliphatic carbocycles. The van der Waals surface area contributed by atoms with Crippen molar-refractivity contribution in [2.45, 2.75) is 27.2 Å². The molecule has 3 heterocycles. The van der Waals surface area contributed by atoms with Gasteiger partial charge in [0.1, 0.15) is 17.3 Å². The molecule has 4 rings (SSSR count). The summed E-state index contributed by atoms with van der Waals surface area (Å²) in [4.78, 5) is 22.4. The normalized spacial score (nSPS) is 10.9. The maximum absolute atomic E-state index is 5.60. The van der Waals surface area contributed by atoms with Crippen molar-refractivity contribution in [3.63, 3.8) is 0 Å². The van der Waals surface area contributed by atoms with E-state index in [2.05, 4.69) is 26.0 Å². The molecule has 0 fully saturated rings. The highest BCUT2D eigenvalue weighted by Gasteiger charge is 2.11. The number of ether oxygens (including phenoxy) is 1. The number of aryl methyl sites for hydroxylation is 3. The van der Waals surface area contributed by atoms with Crippen molar-refractivity contribution >= 4 is 0 Å². The van der Waals surface area contributed by atoms with Gasteiger partial charge in [-0.1, -0.05) is 6.07 Å². The Balaban J connectivity index is 1.63. The predicted octanol–water partition coefficient (Wildman–Crippen LogP) is 3.64. The molecule has 146 valence electrons. The average molecular weight is 386 g/mol. The Morgan fingerprint density at radius 3 is 2.55 bits per heavy atom. The summed E-state index contributed by atoms with van der Waals surface area (Å²) in [6.07, 6.45) is 7.86. The highest BCUT2D eigenvalue weighted by atomic mass is 16.5. The Kier molecular flexibility index (Phi) is 5.03. The molecule has 0 unspecified atom stereocenters. The van der Waals surface area contributed by atoms with Crippen LogP contribution in [0.3, 0.4) is 0 Å². The number of nitrogens with zero attached hydrogens (tertiary/aromatic N) is 6. The molecule has 1 aromatic carbocycles. The van der Waals surface area contributed by atoms with Crippen LogP contribution in [0.4, 0.5) is 0 Å². The first-order chi connectivity index (χ1) is 14.0. The summed E-state index contributed by atoms with van der Waals surface area (Å²) in [5.41, 5.74) is 6.26. The van der Waals surface area contributed by atoms with E-state index in [0.29, 0.717) is 6.42 Å². The Morgan fingerprint density at radius 1 is 0.966 bits per heavy atom. The van der Waals surface area contributed by atoms with Gasteiger partial charge in [-0.25, -0.2) is 15.0 Å². The van der Waals surface area contributed by atoms with Gasteiger partial charge in [0.15, 0.2) is 0 Å². The zero-order valence-corrected chi connectivity index (χ0v) is 16.9. The van der Waals surface area contributed by atoms with Gasteiger partial charge in [-0.05, 0) is 44.5 Å². The third-order valence-electron chi connectivity index (χ3n) is 4.61. The summed E-state index contributed by atoms with van der Waals surface area (Å²) in [5.74, 6) is 1.49. The van der Waals surface area contributed by atoms with E-state index in [1.54, 1.807) is 25.8 Å². The maximum atomic E-state index is 5.60. The monoisotopic (exact) mass is 386 g/mol. The van der Waals surface area contributed by atoms with Gasteiger partial charge in [0.05, 0.1) is 41.9 Å². The number of rotatable bonds is 5. The highest BCUT2D eigenvalue weighted by Crippen LogP contribution is 2.26. The number of imidazole rings is 1. The van der Waals surface area contributed by atoms with Crippen LogP contribution in [0.1, 0.15) is 28.5 Å². The van der Waals surface area contributed by atoms with Crippen LogP contribution in [0.15, 0.2) is 49.2 Å². The number of methoxy groups -OCH3 is 1. The lowest BCUT2D eigenvalue weighted by Gasteiger charge is -2.11. The molecule has 0 atom stereocenters. The molecular weight excluding hydrogens is 364 g/mol. The fourth-order valence-corrected chi connectivity index (χ4v) is 3.25. The van der Waals surface area contributed by atoms with Crippen LogP contribution in [-0.2, 0) is 6.42 Å². The average Bonchev–Trinajstić information content (AvgIpc) is 3.14. The van der Waals surface area contributed by atoms with Crippen molar-refractivity contribution in [2.75, 3.05) is 7.11 Å². The molecule has 3 aromatic heterocycles. The zero-order valence-electron chi connectivity index (χ0n) is 16.9. The van der Waals surface area contributed by atoms with Gasteiger partial charge in [0.25, 0.3) is 0 Å². The van der Waals surface area contributed by atoms with Crippen LogP contribution in [0, 0.1) is 20.8 Å². The van der Waals surface area contributed by atoms with E-state index >= 15 is 0 Å². The molecule has 0 saturated heterocycles. The largest absolute Gasteiger partial charge is 0.495 e. The maximum Gasteiger partial charge on any atom is 0.143 e. The second kappa shape index (κ2) is 7.79. The fraction of sp³-hybridized carbons (Fsp3) is 0.227. The van der Waals surface area contributed by atoms with E-state index in [9.17, 15) is 0 Å². The number of aromatic nitrogens is 6. The fourth-order valence-electron chi connectivity index (χ4n) is 3.25. The molecule has 7 heteroatoms. The summed E-state index contributed by atoms with van der Waals surface area (Å²) in [6.45, 7) is 5.83. The van der Waals surface area contributed by atoms with Gasteiger partial charge < -0.3 is 9.30 Å². The Hall–Kier alpha value is -3.61. The first-order valence-electron chi connectivity index (χ1n) is 9.34. The third kappa shape index (κ3) is 3.99. The topological polar surface area (TPSA) is 78.6 Å². The van der Waals surface area contributed by atoms with Crippen molar-refractivity contribution in [3.8, 4) is 22.8 Å². The van der Waals surface area contributed by atoms with Crippen LogP contribution in [0.25, 0.3) is 17.1 Å². The number of hydrogen-bond acceptors (Lipinski definition) is 6. The molecule has 0 saturated carbocycles. The lowest BCUT2D eigenvalue weighted by molar-refractivity contribution is 0.412. The summed E-state index contributed by atoms with van der Waals surface area (Å²) < 4.78 is 7.55. The van der Waals surface area contributed by atoms with E-state index in [-0.39, 0.29) is 0 Å². The second-order valence-corrected chi connectivity index (χ2v) is 6.91. The molecule has 0 radical (unpaired) electrons. The minimum Gasteiger partial charge on any atom is -0.495 e. The standard InChI is InChI=1S/C22H22N6O/c1-14-11-24-22(16(3)26-14)18-7-8-23-21(27-18)10-17-5-6-19(20(9-17)29-4)28-12-15(2)25-13-28/h5-9,11-13H,10H2,1-4H3. The van der Waals surface area contributed by atoms with E-state index in [1.165, 1.54) is 0 Å². The van der Waals surface area contributed by atoms with Gasteiger partial charge in [0, 0.05) is 25.0 Å². The van der Waals surface area contributed by atoms with E-state index in [4.69, 9.17) is 9.72 Å². The van der Waals surface area contributed by atoms with Crippen LogP contribution in [0.5, 0.6) is 5.75 Å². The minimum atomic E-state index is 0.589. The van der Waals surface area contributed by atoms with Crippen molar-refractivity contribution < 1.29 is 4.74 Å². The molecule has 7 nitrogen and oxygen atoms in total. The van der Waals surface area contributed by atoms with Gasteiger partial charge in [-0.2, -0.15) is 0 Å². The Morgan fingerprint density at radius 2 is 1.83 bits per heavy atom. The van der Waals surface area contributed by atoms with E-state index < -0.39 is 0 Å². The van der Waals surface area contributed by atoms with Gasteiger partial charge in [-0.3, -0.25) is 9.97 Å². The van der Waals surface area contributed by atoms with Gasteiger partial charge in [-0.15, -0.1) is 0 Å². The SMILES string of the molecule is COc1cc(Cc2nccc(-c3ncc(C)nc3C)n2)ccc1-n1cnc(C)c1. The minimum absolute atomic E-state index is 0.589. The predicted molar refractivity (Wildman–Crippen MR) is 110 cm³/mol. The molecule has 0 spiro atoms. The van der Waals surface area contributed by atoms with Crippen molar-refractivity contribution in [3.05, 3.63) is 77.7 Å². The zero-order chi connectivity index (χ0) is 20.4. The van der Waals surface area contributed by atoms with E-state index in [1.807, 2.05) is 49.7 Å². The second-order valence-electron chi connectivity index (χ2n) is 6.91. The summed E-state index contributed by atoms with van der Waals surface area (Å²) in [7, 11) is 1.67.